The van der Waals surface area contributed by atoms with Crippen LogP contribution in [0.5, 0.6) is 0 Å². The van der Waals surface area contributed by atoms with Gasteiger partial charge >= 0.3 is 0 Å². The molecule has 96 valence electrons. The number of aromatic nitrogens is 2. The first kappa shape index (κ1) is 12.2. The lowest BCUT2D eigenvalue weighted by Crippen LogP contribution is -1.90. The van der Waals surface area contributed by atoms with Crippen LogP contribution in [0.25, 0.3) is 21.7 Å². The number of nitrogens with two attached hydrogens (primary N) is 1. The van der Waals surface area contributed by atoms with Crippen LogP contribution in [0.4, 0.5) is 10.2 Å². The van der Waals surface area contributed by atoms with Crippen LogP contribution in [-0.2, 0) is 0 Å². The van der Waals surface area contributed by atoms with Crippen LogP contribution in [0.2, 0.25) is 4.34 Å². The van der Waals surface area contributed by atoms with Gasteiger partial charge in [-0.25, -0.2) is 4.39 Å². The summed E-state index contributed by atoms with van der Waals surface area (Å²) in [4.78, 5) is 0.868. The highest BCUT2D eigenvalue weighted by Crippen LogP contribution is 2.39. The van der Waals surface area contributed by atoms with E-state index in [1.165, 1.54) is 17.4 Å². The van der Waals surface area contributed by atoms with Crippen LogP contribution >= 0.6 is 22.9 Å². The molecular weight excluding hydrogens is 285 g/mol. The highest BCUT2D eigenvalue weighted by Gasteiger charge is 2.18. The van der Waals surface area contributed by atoms with Gasteiger partial charge in [0, 0.05) is 5.56 Å². The number of nitrogens with one attached hydrogen (secondary N) is 1. The summed E-state index contributed by atoms with van der Waals surface area (Å²) in [7, 11) is 0. The van der Waals surface area contributed by atoms with Crippen molar-refractivity contribution in [1.29, 1.82) is 0 Å². The Labute approximate surface area is 117 Å². The van der Waals surface area contributed by atoms with Crippen molar-refractivity contribution in [2.75, 3.05) is 5.73 Å². The molecule has 2 aromatic heterocycles. The van der Waals surface area contributed by atoms with Gasteiger partial charge in [-0.15, -0.1) is 11.3 Å². The topological polar surface area (TPSA) is 54.7 Å². The maximum absolute atomic E-state index is 13.9. The number of rotatable bonds is 2. The van der Waals surface area contributed by atoms with Gasteiger partial charge in [0.1, 0.15) is 5.82 Å². The van der Waals surface area contributed by atoms with E-state index in [1.54, 1.807) is 24.3 Å². The summed E-state index contributed by atoms with van der Waals surface area (Å²) in [6.45, 7) is 0. The van der Waals surface area contributed by atoms with Crippen molar-refractivity contribution < 1.29 is 4.39 Å². The summed E-state index contributed by atoms with van der Waals surface area (Å²) in [6.07, 6.45) is 0. The molecule has 3 aromatic rings. The average molecular weight is 294 g/mol. The van der Waals surface area contributed by atoms with Gasteiger partial charge < -0.3 is 5.73 Å². The van der Waals surface area contributed by atoms with Crippen LogP contribution in [0.15, 0.2) is 36.4 Å². The molecule has 0 fully saturated rings. The first-order valence-electron chi connectivity index (χ1n) is 5.51. The van der Waals surface area contributed by atoms with E-state index in [0.717, 1.165) is 4.88 Å². The van der Waals surface area contributed by atoms with E-state index in [4.69, 9.17) is 17.3 Å². The molecule has 0 atom stereocenters. The molecule has 19 heavy (non-hydrogen) atoms. The molecule has 1 aromatic carbocycles. The summed E-state index contributed by atoms with van der Waals surface area (Å²) in [5, 5.41) is 6.81. The minimum Gasteiger partial charge on any atom is -0.382 e. The molecule has 0 saturated heterocycles. The molecule has 3 nitrogen and oxygen atoms in total. The molecule has 0 unspecified atom stereocenters. The van der Waals surface area contributed by atoms with Gasteiger partial charge in [-0.1, -0.05) is 29.8 Å². The standard InChI is InChI=1S/C13H9ClFN3S/c14-10-6-5-9(19-10)12-11(13(16)18-17-12)7-3-1-2-4-8(7)15/h1-6H,(H3,16,17,18). The Balaban J connectivity index is 2.22. The van der Waals surface area contributed by atoms with Crippen molar-refractivity contribution in [1.82, 2.24) is 10.2 Å². The summed E-state index contributed by atoms with van der Waals surface area (Å²) in [5.41, 5.74) is 7.52. The van der Waals surface area contributed by atoms with Gasteiger partial charge in [-0.05, 0) is 18.2 Å². The number of aromatic amines is 1. The molecule has 2 heterocycles. The Morgan fingerprint density at radius 1 is 1.21 bits per heavy atom. The minimum absolute atomic E-state index is 0.268. The smallest absolute Gasteiger partial charge is 0.153 e. The first-order valence-corrected chi connectivity index (χ1v) is 6.70. The molecular formula is C13H9ClFN3S. The summed E-state index contributed by atoms with van der Waals surface area (Å²) in [5.74, 6) is -0.0656. The zero-order chi connectivity index (χ0) is 13.4. The maximum Gasteiger partial charge on any atom is 0.153 e. The molecule has 3 N–H and O–H groups in total. The number of benzene rings is 1. The van der Waals surface area contributed by atoms with Gasteiger partial charge in [0.05, 0.1) is 20.5 Å². The second-order valence-corrected chi connectivity index (χ2v) is 5.66. The van der Waals surface area contributed by atoms with Crippen molar-refractivity contribution in [3.63, 3.8) is 0 Å². The fraction of sp³-hybridized carbons (Fsp3) is 0. The SMILES string of the molecule is Nc1n[nH]c(-c2ccc(Cl)s2)c1-c1ccccc1F. The van der Waals surface area contributed by atoms with Crippen molar-refractivity contribution >= 4 is 28.8 Å². The van der Waals surface area contributed by atoms with Gasteiger partial charge in [-0.2, -0.15) is 5.10 Å². The highest BCUT2D eigenvalue weighted by molar-refractivity contribution is 7.19. The largest absolute Gasteiger partial charge is 0.382 e. The third-order valence-corrected chi connectivity index (χ3v) is 4.01. The molecule has 0 aliphatic carbocycles. The highest BCUT2D eigenvalue weighted by atomic mass is 35.5. The van der Waals surface area contributed by atoms with E-state index < -0.39 is 0 Å². The van der Waals surface area contributed by atoms with E-state index in [1.807, 2.05) is 6.07 Å². The number of H-pyrrole nitrogens is 1. The lowest BCUT2D eigenvalue weighted by molar-refractivity contribution is 0.631. The predicted octanol–water partition coefficient (Wildman–Crippen LogP) is 4.18. The summed E-state index contributed by atoms with van der Waals surface area (Å²) in [6, 6.07) is 10.1. The van der Waals surface area contributed by atoms with Crippen LogP contribution < -0.4 is 5.73 Å². The Morgan fingerprint density at radius 2 is 2.00 bits per heavy atom. The van der Waals surface area contributed by atoms with Crippen LogP contribution in [0, 0.1) is 5.82 Å². The first-order chi connectivity index (χ1) is 9.16. The van der Waals surface area contributed by atoms with Gasteiger partial charge in [-0.3, -0.25) is 5.10 Å². The minimum atomic E-state index is -0.334. The molecule has 0 amide bonds. The molecule has 0 saturated carbocycles. The molecule has 0 radical (unpaired) electrons. The second-order valence-electron chi connectivity index (χ2n) is 3.94. The molecule has 0 spiro atoms. The quantitative estimate of drug-likeness (QED) is 0.744. The van der Waals surface area contributed by atoms with Crippen LogP contribution in [-0.4, -0.2) is 10.2 Å². The van der Waals surface area contributed by atoms with Crippen molar-refractivity contribution in [2.24, 2.45) is 0 Å². The average Bonchev–Trinajstić information content (AvgIpc) is 2.96. The lowest BCUT2D eigenvalue weighted by Gasteiger charge is -2.04. The zero-order valence-electron chi connectivity index (χ0n) is 9.65. The number of nitrogens with zero attached hydrogens (tertiary/aromatic N) is 1. The van der Waals surface area contributed by atoms with E-state index in [9.17, 15) is 4.39 Å². The maximum atomic E-state index is 13.9. The normalized spacial score (nSPS) is 10.8. The number of hydrogen-bond acceptors (Lipinski definition) is 3. The molecule has 0 aliphatic heterocycles. The van der Waals surface area contributed by atoms with Gasteiger partial charge in [0.2, 0.25) is 0 Å². The Bertz CT molecular complexity index is 735. The number of thiophene rings is 1. The van der Waals surface area contributed by atoms with Gasteiger partial charge in [0.25, 0.3) is 0 Å². The van der Waals surface area contributed by atoms with Crippen molar-refractivity contribution in [3.05, 3.63) is 46.6 Å². The number of hydrogen-bond donors (Lipinski definition) is 2. The van der Waals surface area contributed by atoms with Crippen LogP contribution in [0.3, 0.4) is 0 Å². The fourth-order valence-corrected chi connectivity index (χ4v) is 2.96. The fourth-order valence-electron chi connectivity index (χ4n) is 1.92. The van der Waals surface area contributed by atoms with E-state index in [0.29, 0.717) is 21.2 Å². The molecule has 0 bridgehead atoms. The predicted molar refractivity (Wildman–Crippen MR) is 76.7 cm³/mol. The Hall–Kier alpha value is -1.85. The van der Waals surface area contributed by atoms with Crippen LogP contribution in [0.1, 0.15) is 0 Å². The molecule has 0 aliphatic rings. The molecule has 6 heteroatoms. The third-order valence-electron chi connectivity index (χ3n) is 2.76. The number of anilines is 1. The van der Waals surface area contributed by atoms with E-state index in [2.05, 4.69) is 10.2 Å². The molecule has 3 rings (SSSR count). The number of nitrogen functional groups attached to an aromatic ring is 1. The zero-order valence-corrected chi connectivity index (χ0v) is 11.2. The van der Waals surface area contributed by atoms with Crippen molar-refractivity contribution in [3.8, 4) is 21.7 Å². The number of halogens is 2. The second kappa shape index (κ2) is 4.68. The van der Waals surface area contributed by atoms with E-state index >= 15 is 0 Å². The third kappa shape index (κ3) is 2.11. The van der Waals surface area contributed by atoms with E-state index in [-0.39, 0.29) is 11.6 Å². The van der Waals surface area contributed by atoms with Crippen molar-refractivity contribution in [2.45, 2.75) is 0 Å². The summed E-state index contributed by atoms with van der Waals surface area (Å²) < 4.78 is 14.6. The van der Waals surface area contributed by atoms with Gasteiger partial charge in [0.15, 0.2) is 5.82 Å². The Kier molecular flexibility index (Phi) is 3.00. The Morgan fingerprint density at radius 3 is 2.68 bits per heavy atom. The lowest BCUT2D eigenvalue weighted by atomic mass is 10.0. The monoisotopic (exact) mass is 293 g/mol. The summed E-state index contributed by atoms with van der Waals surface area (Å²) >= 11 is 7.31.